The van der Waals surface area contributed by atoms with Crippen LogP contribution in [0.2, 0.25) is 0 Å². The molecule has 0 N–H and O–H groups in total. The highest BCUT2D eigenvalue weighted by molar-refractivity contribution is 4.52. The van der Waals surface area contributed by atoms with Crippen molar-refractivity contribution in [2.45, 2.75) is 38.9 Å². The van der Waals surface area contributed by atoms with E-state index >= 15 is 0 Å². The first-order valence-electron chi connectivity index (χ1n) is 6.10. The normalized spacial score (nSPS) is 11.4. The average Bonchev–Trinajstić information content (AvgIpc) is 2.39. The predicted octanol–water partition coefficient (Wildman–Crippen LogP) is 3.55. The summed E-state index contributed by atoms with van der Waals surface area (Å²) in [6.45, 7) is 3.38. The van der Waals surface area contributed by atoms with Crippen LogP contribution in [0.3, 0.4) is 0 Å². The monoisotopic (exact) mass is 256 g/mol. The van der Waals surface area contributed by atoms with Crippen LogP contribution in [0.25, 0.3) is 20.9 Å². The molecule has 18 heavy (non-hydrogen) atoms. The van der Waals surface area contributed by atoms with Gasteiger partial charge in [0.25, 0.3) is 0 Å². The Kier molecular flexibility index (Phi) is 12.5. The molecule has 0 aromatic heterocycles. The van der Waals surface area contributed by atoms with E-state index in [1.54, 1.807) is 0 Å². The van der Waals surface area contributed by atoms with Gasteiger partial charge in [0.2, 0.25) is 0 Å². The first kappa shape index (κ1) is 16.5. The summed E-state index contributed by atoms with van der Waals surface area (Å²) in [4.78, 5) is 5.29. The summed E-state index contributed by atoms with van der Waals surface area (Å²) >= 11 is 0. The second kappa shape index (κ2) is 13.6. The van der Waals surface area contributed by atoms with E-state index in [2.05, 4.69) is 27.0 Å². The van der Waals surface area contributed by atoms with E-state index in [1.165, 1.54) is 0 Å². The summed E-state index contributed by atoms with van der Waals surface area (Å²) in [6.07, 6.45) is 3.74. The zero-order valence-corrected chi connectivity index (χ0v) is 10.7. The number of rotatable bonds is 12. The largest absolute Gasteiger partial charge is 0.353 e. The molecule has 0 atom stereocenters. The number of hydrogen-bond acceptors (Lipinski definition) is 4. The fraction of sp³-hybridized carbons (Fsp3) is 1.00. The highest BCUT2D eigenvalue weighted by atomic mass is 16.7. The van der Waals surface area contributed by atoms with E-state index in [-0.39, 0.29) is 6.29 Å². The lowest BCUT2D eigenvalue weighted by Gasteiger charge is -2.17. The summed E-state index contributed by atoms with van der Waals surface area (Å²) in [5.74, 6) is 0. The molecule has 0 saturated heterocycles. The van der Waals surface area contributed by atoms with Gasteiger partial charge in [-0.3, -0.25) is 0 Å². The van der Waals surface area contributed by atoms with Gasteiger partial charge in [0, 0.05) is 22.9 Å². The molecular weight excluding hydrogens is 236 g/mol. The van der Waals surface area contributed by atoms with E-state index in [4.69, 9.17) is 20.5 Å². The maximum atomic E-state index is 8.13. The van der Waals surface area contributed by atoms with Crippen LogP contribution in [-0.2, 0) is 9.47 Å². The van der Waals surface area contributed by atoms with Crippen molar-refractivity contribution < 1.29 is 9.47 Å². The third kappa shape index (κ3) is 11.0. The zero-order valence-electron chi connectivity index (χ0n) is 10.7. The van der Waals surface area contributed by atoms with E-state index in [0.717, 1.165) is 25.7 Å². The molecule has 0 heterocycles. The molecule has 0 fully saturated rings. The van der Waals surface area contributed by atoms with Crippen molar-refractivity contribution in [3.8, 4) is 0 Å². The Morgan fingerprint density at radius 2 is 1.56 bits per heavy atom. The van der Waals surface area contributed by atoms with Crippen LogP contribution in [-0.4, -0.2) is 32.6 Å². The number of azide groups is 2. The van der Waals surface area contributed by atoms with E-state index in [9.17, 15) is 0 Å². The average molecular weight is 256 g/mol. The molecule has 0 aromatic carbocycles. The topological polar surface area (TPSA) is 116 Å². The Morgan fingerprint density at radius 1 is 1.00 bits per heavy atom. The van der Waals surface area contributed by atoms with Crippen molar-refractivity contribution in [1.29, 1.82) is 0 Å². The Bertz CT molecular complexity index is 262. The lowest BCUT2D eigenvalue weighted by Crippen LogP contribution is -2.20. The van der Waals surface area contributed by atoms with E-state index in [0.29, 0.717) is 26.3 Å². The third-order valence-corrected chi connectivity index (χ3v) is 2.16. The van der Waals surface area contributed by atoms with Crippen LogP contribution in [0.5, 0.6) is 0 Å². The molecule has 102 valence electrons. The Labute approximate surface area is 107 Å². The second-order valence-corrected chi connectivity index (χ2v) is 3.58. The molecule has 0 rings (SSSR count). The molecule has 0 bridgehead atoms. The maximum absolute atomic E-state index is 8.13. The summed E-state index contributed by atoms with van der Waals surface area (Å²) in [6, 6.07) is 0. The highest BCUT2D eigenvalue weighted by Gasteiger charge is 2.08. The Balaban J connectivity index is 3.82. The van der Waals surface area contributed by atoms with Crippen molar-refractivity contribution in [3.05, 3.63) is 20.9 Å². The van der Waals surface area contributed by atoms with Gasteiger partial charge in [0.15, 0.2) is 6.29 Å². The first-order valence-corrected chi connectivity index (χ1v) is 6.10. The van der Waals surface area contributed by atoms with Gasteiger partial charge in [-0.1, -0.05) is 30.0 Å². The minimum absolute atomic E-state index is 0.292. The maximum Gasteiger partial charge on any atom is 0.157 e. The summed E-state index contributed by atoms with van der Waals surface area (Å²) in [5.41, 5.74) is 16.3. The van der Waals surface area contributed by atoms with E-state index < -0.39 is 0 Å². The van der Waals surface area contributed by atoms with Gasteiger partial charge < -0.3 is 9.47 Å². The van der Waals surface area contributed by atoms with Crippen molar-refractivity contribution in [1.82, 2.24) is 0 Å². The lowest BCUT2D eigenvalue weighted by atomic mass is 10.2. The fourth-order valence-electron chi connectivity index (χ4n) is 1.32. The molecule has 8 heteroatoms. The third-order valence-electron chi connectivity index (χ3n) is 2.16. The van der Waals surface area contributed by atoms with Crippen LogP contribution in [0.1, 0.15) is 32.6 Å². The van der Waals surface area contributed by atoms with Gasteiger partial charge in [0.05, 0.1) is 13.2 Å². The number of ether oxygens (including phenoxy) is 2. The van der Waals surface area contributed by atoms with Crippen molar-refractivity contribution >= 4 is 0 Å². The van der Waals surface area contributed by atoms with Crippen molar-refractivity contribution in [2.24, 2.45) is 10.2 Å². The van der Waals surface area contributed by atoms with Crippen LogP contribution >= 0.6 is 0 Å². The van der Waals surface area contributed by atoms with Gasteiger partial charge >= 0.3 is 0 Å². The standard InChI is InChI=1S/C10H20N6O2/c1-2-3-4-5-10(17-8-6-13-15-11)18-9-7-14-16-12/h10H,2-9H2,1H3. The second-order valence-electron chi connectivity index (χ2n) is 3.58. The molecule has 0 aliphatic carbocycles. The number of nitrogens with zero attached hydrogens (tertiary/aromatic N) is 6. The van der Waals surface area contributed by atoms with Gasteiger partial charge in [-0.25, -0.2) is 0 Å². The fourth-order valence-corrected chi connectivity index (χ4v) is 1.32. The van der Waals surface area contributed by atoms with Crippen LogP contribution < -0.4 is 0 Å². The number of hydrogen-bond donors (Lipinski definition) is 0. The minimum atomic E-state index is -0.320. The zero-order chi connectivity index (χ0) is 13.5. The first-order chi connectivity index (χ1) is 8.85. The minimum Gasteiger partial charge on any atom is -0.353 e. The Morgan fingerprint density at radius 3 is 2.00 bits per heavy atom. The van der Waals surface area contributed by atoms with Crippen molar-refractivity contribution in [2.75, 3.05) is 26.3 Å². The molecule has 0 unspecified atom stereocenters. The predicted molar refractivity (Wildman–Crippen MR) is 67.9 cm³/mol. The molecule has 8 nitrogen and oxygen atoms in total. The molecule has 0 spiro atoms. The molecule has 0 aromatic rings. The molecule has 0 aliphatic rings. The summed E-state index contributed by atoms with van der Waals surface area (Å²) in [7, 11) is 0. The Hall–Kier alpha value is -1.46. The SMILES string of the molecule is CCCCCC(OCCN=[N+]=[N-])OCCN=[N+]=[N-]. The van der Waals surface area contributed by atoms with Crippen LogP contribution in [0.15, 0.2) is 10.2 Å². The van der Waals surface area contributed by atoms with Crippen molar-refractivity contribution in [3.63, 3.8) is 0 Å². The van der Waals surface area contributed by atoms with Gasteiger partial charge in [-0.05, 0) is 23.9 Å². The summed E-state index contributed by atoms with van der Waals surface area (Å²) < 4.78 is 10.9. The molecule has 0 radical (unpaired) electrons. The van der Waals surface area contributed by atoms with Crippen LogP contribution in [0.4, 0.5) is 0 Å². The molecule has 0 amide bonds. The van der Waals surface area contributed by atoms with Gasteiger partial charge in [-0.15, -0.1) is 0 Å². The van der Waals surface area contributed by atoms with E-state index in [1.807, 2.05) is 0 Å². The summed E-state index contributed by atoms with van der Waals surface area (Å²) in [5, 5.41) is 6.77. The molecular formula is C10H20N6O2. The molecule has 0 saturated carbocycles. The van der Waals surface area contributed by atoms with Gasteiger partial charge in [0.1, 0.15) is 0 Å². The lowest BCUT2D eigenvalue weighted by molar-refractivity contribution is -0.142. The smallest absolute Gasteiger partial charge is 0.157 e. The van der Waals surface area contributed by atoms with Gasteiger partial charge in [-0.2, -0.15) is 0 Å². The number of unbranched alkanes of at least 4 members (excludes halogenated alkanes) is 2. The molecule has 0 aliphatic heterocycles. The quantitative estimate of drug-likeness (QED) is 0.174. The van der Waals surface area contributed by atoms with Crippen LogP contribution in [0, 0.1) is 0 Å². The highest BCUT2D eigenvalue weighted by Crippen LogP contribution is 2.08.